The van der Waals surface area contributed by atoms with Crippen LogP contribution in [0.25, 0.3) is 0 Å². The van der Waals surface area contributed by atoms with Gasteiger partial charge in [0.15, 0.2) is 0 Å². The van der Waals surface area contributed by atoms with E-state index in [0.717, 1.165) is 45.1 Å². The van der Waals surface area contributed by atoms with Crippen molar-refractivity contribution in [1.82, 2.24) is 10.2 Å². The lowest BCUT2D eigenvalue weighted by Crippen LogP contribution is -2.50. The minimum atomic E-state index is -0.251. The summed E-state index contributed by atoms with van der Waals surface area (Å²) in [6, 6.07) is 0.720. The van der Waals surface area contributed by atoms with Crippen molar-refractivity contribution in [2.75, 3.05) is 32.8 Å². The SMILES string of the molecule is CCOC(=O)C1(C)CCN(C2CCNCC2)CC1. The molecule has 0 saturated carbocycles. The second-order valence-electron chi connectivity index (χ2n) is 5.80. The Kier molecular flexibility index (Phi) is 4.62. The van der Waals surface area contributed by atoms with E-state index < -0.39 is 0 Å². The normalized spacial score (nSPS) is 25.9. The number of piperidine rings is 2. The summed E-state index contributed by atoms with van der Waals surface area (Å²) in [5.41, 5.74) is -0.251. The monoisotopic (exact) mass is 254 g/mol. The molecule has 0 atom stereocenters. The van der Waals surface area contributed by atoms with Crippen molar-refractivity contribution in [2.45, 2.75) is 45.6 Å². The maximum atomic E-state index is 12.0. The summed E-state index contributed by atoms with van der Waals surface area (Å²) < 4.78 is 5.20. The van der Waals surface area contributed by atoms with Gasteiger partial charge in [0.05, 0.1) is 12.0 Å². The molecule has 1 N–H and O–H groups in total. The highest BCUT2D eigenvalue weighted by molar-refractivity contribution is 5.76. The number of ether oxygens (including phenoxy) is 1. The fourth-order valence-corrected chi connectivity index (χ4v) is 3.06. The first-order chi connectivity index (χ1) is 8.65. The summed E-state index contributed by atoms with van der Waals surface area (Å²) >= 11 is 0. The maximum absolute atomic E-state index is 12.0. The van der Waals surface area contributed by atoms with Crippen LogP contribution in [0.15, 0.2) is 0 Å². The van der Waals surface area contributed by atoms with Crippen LogP contribution in [0.2, 0.25) is 0 Å². The standard InChI is InChI=1S/C14H26N2O2/c1-3-18-13(17)14(2)6-10-16(11-7-14)12-4-8-15-9-5-12/h12,15H,3-11H2,1-2H3. The zero-order valence-electron chi connectivity index (χ0n) is 11.7. The van der Waals surface area contributed by atoms with E-state index in [2.05, 4.69) is 17.1 Å². The minimum absolute atomic E-state index is 0.00467. The lowest BCUT2D eigenvalue weighted by Gasteiger charge is -2.42. The van der Waals surface area contributed by atoms with E-state index in [0.29, 0.717) is 6.61 Å². The van der Waals surface area contributed by atoms with Gasteiger partial charge >= 0.3 is 5.97 Å². The Bertz CT molecular complexity index is 280. The fourth-order valence-electron chi connectivity index (χ4n) is 3.06. The molecule has 2 aliphatic heterocycles. The van der Waals surface area contributed by atoms with Gasteiger partial charge in [0.25, 0.3) is 0 Å². The first-order valence-corrected chi connectivity index (χ1v) is 7.28. The van der Waals surface area contributed by atoms with Crippen molar-refractivity contribution < 1.29 is 9.53 Å². The lowest BCUT2D eigenvalue weighted by atomic mass is 9.79. The quantitative estimate of drug-likeness (QED) is 0.773. The zero-order valence-corrected chi connectivity index (χ0v) is 11.7. The van der Waals surface area contributed by atoms with Gasteiger partial charge in [0.1, 0.15) is 0 Å². The van der Waals surface area contributed by atoms with Crippen molar-refractivity contribution in [3.8, 4) is 0 Å². The maximum Gasteiger partial charge on any atom is 0.311 e. The molecule has 0 amide bonds. The van der Waals surface area contributed by atoms with E-state index in [-0.39, 0.29) is 11.4 Å². The van der Waals surface area contributed by atoms with Crippen LogP contribution in [0.5, 0.6) is 0 Å². The van der Waals surface area contributed by atoms with E-state index in [1.807, 2.05) is 6.92 Å². The molecule has 2 fully saturated rings. The highest BCUT2D eigenvalue weighted by Gasteiger charge is 2.39. The average Bonchev–Trinajstić information content (AvgIpc) is 2.41. The van der Waals surface area contributed by atoms with Crippen LogP contribution in [0.3, 0.4) is 0 Å². The summed E-state index contributed by atoms with van der Waals surface area (Å²) in [7, 11) is 0. The van der Waals surface area contributed by atoms with Crippen molar-refractivity contribution in [1.29, 1.82) is 0 Å². The molecule has 0 radical (unpaired) electrons. The molecule has 104 valence electrons. The fraction of sp³-hybridized carbons (Fsp3) is 0.929. The number of esters is 1. The average molecular weight is 254 g/mol. The third-order valence-electron chi connectivity index (χ3n) is 4.49. The molecule has 2 heterocycles. The molecule has 2 rings (SSSR count). The number of hydrogen-bond donors (Lipinski definition) is 1. The Hall–Kier alpha value is -0.610. The van der Waals surface area contributed by atoms with Gasteiger partial charge < -0.3 is 15.0 Å². The van der Waals surface area contributed by atoms with Crippen LogP contribution in [0.1, 0.15) is 39.5 Å². The van der Waals surface area contributed by atoms with Gasteiger partial charge in [0, 0.05) is 6.04 Å². The second-order valence-corrected chi connectivity index (χ2v) is 5.80. The second kappa shape index (κ2) is 6.02. The molecule has 0 aliphatic carbocycles. The number of hydrogen-bond acceptors (Lipinski definition) is 4. The third kappa shape index (κ3) is 3.04. The highest BCUT2D eigenvalue weighted by atomic mass is 16.5. The van der Waals surface area contributed by atoms with Gasteiger partial charge in [-0.05, 0) is 65.7 Å². The summed E-state index contributed by atoms with van der Waals surface area (Å²) in [5.74, 6) is -0.00467. The van der Waals surface area contributed by atoms with Crippen LogP contribution in [-0.4, -0.2) is 49.7 Å². The summed E-state index contributed by atoms with van der Waals surface area (Å²) in [6.07, 6.45) is 4.37. The first kappa shape index (κ1) is 13.8. The van der Waals surface area contributed by atoms with Gasteiger partial charge in [-0.25, -0.2) is 0 Å². The Morgan fingerprint density at radius 1 is 1.33 bits per heavy atom. The Labute approximate surface area is 110 Å². The predicted molar refractivity (Wildman–Crippen MR) is 71.4 cm³/mol. The van der Waals surface area contributed by atoms with Gasteiger partial charge in [-0.15, -0.1) is 0 Å². The van der Waals surface area contributed by atoms with Gasteiger partial charge in [0.2, 0.25) is 0 Å². The summed E-state index contributed by atoms with van der Waals surface area (Å²) in [6.45, 7) is 8.79. The van der Waals surface area contributed by atoms with Crippen molar-refractivity contribution in [2.24, 2.45) is 5.41 Å². The molecule has 2 aliphatic rings. The lowest BCUT2D eigenvalue weighted by molar-refractivity contribution is -0.157. The molecule has 2 saturated heterocycles. The van der Waals surface area contributed by atoms with E-state index in [1.165, 1.54) is 12.8 Å². The molecule has 0 aromatic heterocycles. The number of likely N-dealkylation sites (tertiary alicyclic amines) is 1. The molecular weight excluding hydrogens is 228 g/mol. The molecule has 0 aromatic carbocycles. The van der Waals surface area contributed by atoms with Gasteiger partial charge in [-0.1, -0.05) is 0 Å². The van der Waals surface area contributed by atoms with Gasteiger partial charge in [-0.3, -0.25) is 4.79 Å². The Morgan fingerprint density at radius 2 is 1.94 bits per heavy atom. The summed E-state index contributed by atoms with van der Waals surface area (Å²) in [4.78, 5) is 14.5. The van der Waals surface area contributed by atoms with E-state index in [1.54, 1.807) is 0 Å². The van der Waals surface area contributed by atoms with Crippen LogP contribution >= 0.6 is 0 Å². The Balaban J connectivity index is 1.84. The smallest absolute Gasteiger partial charge is 0.311 e. The van der Waals surface area contributed by atoms with E-state index in [4.69, 9.17) is 4.74 Å². The van der Waals surface area contributed by atoms with Crippen molar-refractivity contribution in [3.63, 3.8) is 0 Å². The molecular formula is C14H26N2O2. The number of carbonyl (C=O) groups excluding carboxylic acids is 1. The molecule has 4 nitrogen and oxygen atoms in total. The molecule has 4 heteroatoms. The van der Waals surface area contributed by atoms with E-state index in [9.17, 15) is 4.79 Å². The number of nitrogens with one attached hydrogen (secondary N) is 1. The first-order valence-electron chi connectivity index (χ1n) is 7.28. The molecule has 0 aromatic rings. The van der Waals surface area contributed by atoms with Crippen LogP contribution in [-0.2, 0) is 9.53 Å². The van der Waals surface area contributed by atoms with E-state index >= 15 is 0 Å². The van der Waals surface area contributed by atoms with Crippen LogP contribution < -0.4 is 5.32 Å². The zero-order chi connectivity index (χ0) is 13.0. The molecule has 0 unspecified atom stereocenters. The molecule has 0 spiro atoms. The molecule has 0 bridgehead atoms. The third-order valence-corrected chi connectivity index (χ3v) is 4.49. The van der Waals surface area contributed by atoms with Crippen LogP contribution in [0, 0.1) is 5.41 Å². The highest BCUT2D eigenvalue weighted by Crippen LogP contribution is 2.33. The number of carbonyl (C=O) groups is 1. The van der Waals surface area contributed by atoms with Crippen molar-refractivity contribution >= 4 is 5.97 Å². The van der Waals surface area contributed by atoms with Crippen LogP contribution in [0.4, 0.5) is 0 Å². The minimum Gasteiger partial charge on any atom is -0.466 e. The van der Waals surface area contributed by atoms with Crippen molar-refractivity contribution in [3.05, 3.63) is 0 Å². The Morgan fingerprint density at radius 3 is 2.50 bits per heavy atom. The summed E-state index contributed by atoms with van der Waals surface area (Å²) in [5, 5.41) is 3.40. The topological polar surface area (TPSA) is 41.6 Å². The van der Waals surface area contributed by atoms with Gasteiger partial charge in [-0.2, -0.15) is 0 Å². The molecule has 18 heavy (non-hydrogen) atoms. The largest absolute Gasteiger partial charge is 0.466 e. The predicted octanol–water partition coefficient (Wildman–Crippen LogP) is 1.40. The number of nitrogens with zero attached hydrogens (tertiary/aromatic N) is 1. The number of rotatable bonds is 3.